The third-order valence-corrected chi connectivity index (χ3v) is 3.26. The minimum Gasteiger partial charge on any atom is -0.465 e. The lowest BCUT2D eigenvalue weighted by atomic mass is 9.87. The van der Waals surface area contributed by atoms with Crippen LogP contribution in [0, 0.1) is 0 Å². The van der Waals surface area contributed by atoms with Crippen LogP contribution in [0.1, 0.15) is 36.9 Å². The molecule has 0 fully saturated rings. The molecule has 0 saturated carbocycles. The number of hydrogen-bond acceptors (Lipinski definition) is 4. The van der Waals surface area contributed by atoms with E-state index in [1.807, 2.05) is 6.20 Å². The van der Waals surface area contributed by atoms with Crippen molar-refractivity contribution in [2.45, 2.75) is 38.6 Å². The Hall–Kier alpha value is -1.36. The molecule has 0 spiro atoms. The Morgan fingerprint density at radius 2 is 2.53 bits per heavy atom. The number of rotatable bonds is 4. The molecule has 1 aromatic rings. The number of fused-ring (bicyclic) bond motifs is 1. The summed E-state index contributed by atoms with van der Waals surface area (Å²) < 4.78 is 6.69. The maximum Gasteiger partial charge on any atom is 0.327 e. The Morgan fingerprint density at radius 3 is 3.24 bits per heavy atom. The van der Waals surface area contributed by atoms with Gasteiger partial charge in [-0.1, -0.05) is 0 Å². The average Bonchev–Trinajstić information content (AvgIpc) is 2.73. The summed E-state index contributed by atoms with van der Waals surface area (Å²) in [6, 6.07) is 0. The summed E-state index contributed by atoms with van der Waals surface area (Å²) in [4.78, 5) is 11.4. The third kappa shape index (κ3) is 2.49. The summed E-state index contributed by atoms with van der Waals surface area (Å²) in [7, 11) is 0. The van der Waals surface area contributed by atoms with Crippen LogP contribution < -0.4 is 5.73 Å². The lowest BCUT2D eigenvalue weighted by Gasteiger charge is -2.21. The van der Waals surface area contributed by atoms with Gasteiger partial charge in [0.05, 0.1) is 12.8 Å². The minimum atomic E-state index is -0.228. The lowest BCUT2D eigenvalue weighted by Crippen LogP contribution is -2.21. The average molecular weight is 237 g/mol. The summed E-state index contributed by atoms with van der Waals surface area (Å²) >= 11 is 0. The number of hydrogen-bond donors (Lipinski definition) is 1. The van der Waals surface area contributed by atoms with E-state index >= 15 is 0 Å². The van der Waals surface area contributed by atoms with Crippen molar-refractivity contribution in [2.75, 3.05) is 13.2 Å². The van der Waals surface area contributed by atoms with Gasteiger partial charge in [0.2, 0.25) is 0 Å². The number of ether oxygens (including phenoxy) is 1. The molecule has 0 bridgehead atoms. The van der Waals surface area contributed by atoms with E-state index in [1.165, 1.54) is 5.56 Å². The van der Waals surface area contributed by atoms with E-state index in [1.54, 1.807) is 11.6 Å². The van der Waals surface area contributed by atoms with Gasteiger partial charge in [-0.3, -0.25) is 9.48 Å². The van der Waals surface area contributed by atoms with Gasteiger partial charge in [-0.25, -0.2) is 0 Å². The highest BCUT2D eigenvalue weighted by atomic mass is 16.5. The fourth-order valence-electron chi connectivity index (χ4n) is 2.42. The molecule has 0 amide bonds. The van der Waals surface area contributed by atoms with Crippen molar-refractivity contribution in [3.8, 4) is 0 Å². The Morgan fingerprint density at radius 1 is 1.71 bits per heavy atom. The van der Waals surface area contributed by atoms with E-state index in [2.05, 4.69) is 5.10 Å². The Bertz CT molecular complexity index is 400. The van der Waals surface area contributed by atoms with Gasteiger partial charge in [0.1, 0.15) is 6.54 Å². The van der Waals surface area contributed by atoms with Gasteiger partial charge in [0.15, 0.2) is 0 Å². The Kier molecular flexibility index (Phi) is 3.78. The van der Waals surface area contributed by atoms with Gasteiger partial charge in [-0.15, -0.1) is 0 Å². The number of carbonyl (C=O) groups excluding carboxylic acids is 1. The van der Waals surface area contributed by atoms with Gasteiger partial charge in [0.25, 0.3) is 0 Å². The molecule has 1 heterocycles. The summed E-state index contributed by atoms with van der Waals surface area (Å²) in [6.07, 6.45) is 5.06. The molecular formula is C12H19N3O2. The largest absolute Gasteiger partial charge is 0.465 e. The molecule has 1 aliphatic rings. The first-order valence-corrected chi connectivity index (χ1v) is 6.16. The zero-order valence-electron chi connectivity index (χ0n) is 10.2. The number of esters is 1. The molecule has 94 valence electrons. The fourth-order valence-corrected chi connectivity index (χ4v) is 2.42. The van der Waals surface area contributed by atoms with Crippen molar-refractivity contribution >= 4 is 5.97 Å². The second-order valence-electron chi connectivity index (χ2n) is 4.33. The van der Waals surface area contributed by atoms with Crippen molar-refractivity contribution in [2.24, 2.45) is 5.73 Å². The molecule has 1 aliphatic carbocycles. The molecule has 0 aromatic carbocycles. The molecule has 17 heavy (non-hydrogen) atoms. The van der Waals surface area contributed by atoms with Crippen LogP contribution in [-0.2, 0) is 22.5 Å². The predicted molar refractivity (Wildman–Crippen MR) is 63.6 cm³/mol. The molecule has 0 aliphatic heterocycles. The zero-order chi connectivity index (χ0) is 12.3. The standard InChI is InChI=1S/C12H19N3O2/c1-2-17-12(16)8-15-11-5-3-4-9(6-13)10(11)7-14-15/h7,9H,2-6,8,13H2,1H3. The lowest BCUT2D eigenvalue weighted by molar-refractivity contribution is -0.144. The molecule has 0 saturated heterocycles. The highest BCUT2D eigenvalue weighted by Gasteiger charge is 2.23. The Balaban J connectivity index is 2.15. The third-order valence-electron chi connectivity index (χ3n) is 3.26. The summed E-state index contributed by atoms with van der Waals surface area (Å²) in [5.41, 5.74) is 8.11. The first-order valence-electron chi connectivity index (χ1n) is 6.16. The molecule has 0 radical (unpaired) electrons. The van der Waals surface area contributed by atoms with Crippen molar-refractivity contribution < 1.29 is 9.53 Å². The van der Waals surface area contributed by atoms with E-state index in [0.29, 0.717) is 19.1 Å². The van der Waals surface area contributed by atoms with Crippen molar-refractivity contribution in [3.05, 3.63) is 17.5 Å². The normalized spacial score (nSPS) is 18.8. The highest BCUT2D eigenvalue weighted by Crippen LogP contribution is 2.30. The number of aromatic nitrogens is 2. The molecule has 2 rings (SSSR count). The van der Waals surface area contributed by atoms with Gasteiger partial charge < -0.3 is 10.5 Å². The fraction of sp³-hybridized carbons (Fsp3) is 0.667. The minimum absolute atomic E-state index is 0.209. The SMILES string of the molecule is CCOC(=O)Cn1ncc2c1CCCC2CN. The maximum atomic E-state index is 11.4. The second-order valence-corrected chi connectivity index (χ2v) is 4.33. The van der Waals surface area contributed by atoms with Crippen LogP contribution in [0.15, 0.2) is 6.20 Å². The van der Waals surface area contributed by atoms with E-state index in [9.17, 15) is 4.79 Å². The van der Waals surface area contributed by atoms with Gasteiger partial charge in [-0.05, 0) is 44.2 Å². The van der Waals surface area contributed by atoms with Gasteiger partial charge >= 0.3 is 5.97 Å². The molecule has 1 aromatic heterocycles. The van der Waals surface area contributed by atoms with Crippen molar-refractivity contribution in [1.29, 1.82) is 0 Å². The maximum absolute atomic E-state index is 11.4. The van der Waals surface area contributed by atoms with Crippen LogP contribution in [0.2, 0.25) is 0 Å². The molecule has 1 unspecified atom stereocenters. The summed E-state index contributed by atoms with van der Waals surface area (Å²) in [5, 5.41) is 4.28. The van der Waals surface area contributed by atoms with Crippen LogP contribution in [-0.4, -0.2) is 28.9 Å². The quantitative estimate of drug-likeness (QED) is 0.787. The van der Waals surface area contributed by atoms with Gasteiger partial charge in [-0.2, -0.15) is 5.10 Å². The number of nitrogens with zero attached hydrogens (tertiary/aromatic N) is 2. The van der Waals surface area contributed by atoms with Crippen LogP contribution in [0.4, 0.5) is 0 Å². The van der Waals surface area contributed by atoms with Crippen molar-refractivity contribution in [3.63, 3.8) is 0 Å². The first kappa shape index (κ1) is 12.1. The molecule has 5 nitrogen and oxygen atoms in total. The van der Waals surface area contributed by atoms with E-state index in [0.717, 1.165) is 25.0 Å². The number of nitrogens with two attached hydrogens (primary N) is 1. The Labute approximate surface area is 101 Å². The first-order chi connectivity index (χ1) is 8.26. The summed E-state index contributed by atoms with van der Waals surface area (Å²) in [5.74, 6) is 0.169. The monoisotopic (exact) mass is 237 g/mol. The molecule has 5 heteroatoms. The zero-order valence-corrected chi connectivity index (χ0v) is 10.2. The van der Waals surface area contributed by atoms with E-state index in [-0.39, 0.29) is 12.5 Å². The summed E-state index contributed by atoms with van der Waals surface area (Å²) in [6.45, 7) is 3.08. The molecular weight excluding hydrogens is 218 g/mol. The molecule has 2 N–H and O–H groups in total. The smallest absolute Gasteiger partial charge is 0.327 e. The van der Waals surface area contributed by atoms with Crippen LogP contribution >= 0.6 is 0 Å². The van der Waals surface area contributed by atoms with Gasteiger partial charge in [0, 0.05) is 5.69 Å². The van der Waals surface area contributed by atoms with Crippen molar-refractivity contribution in [1.82, 2.24) is 9.78 Å². The topological polar surface area (TPSA) is 70.1 Å². The second kappa shape index (κ2) is 5.31. The molecule has 1 atom stereocenters. The highest BCUT2D eigenvalue weighted by molar-refractivity contribution is 5.69. The van der Waals surface area contributed by atoms with E-state index < -0.39 is 0 Å². The number of carbonyl (C=O) groups is 1. The van der Waals surface area contributed by atoms with Crippen LogP contribution in [0.25, 0.3) is 0 Å². The van der Waals surface area contributed by atoms with E-state index in [4.69, 9.17) is 10.5 Å². The van der Waals surface area contributed by atoms with Crippen LogP contribution in [0.3, 0.4) is 0 Å². The predicted octanol–water partition coefficient (Wildman–Crippen LogP) is 0.825. The van der Waals surface area contributed by atoms with Crippen LogP contribution in [0.5, 0.6) is 0 Å².